The van der Waals surface area contributed by atoms with Crippen molar-refractivity contribution < 1.29 is 44.8 Å². The van der Waals surface area contributed by atoms with Gasteiger partial charge in [-0.3, -0.25) is 0 Å². The minimum Gasteiger partial charge on any atom is -1.00 e. The Morgan fingerprint density at radius 2 is 1.54 bits per heavy atom. The third-order valence-corrected chi connectivity index (χ3v) is 2.18. The van der Waals surface area contributed by atoms with E-state index in [0.29, 0.717) is 0 Å². The van der Waals surface area contributed by atoms with Gasteiger partial charge < -0.3 is 24.8 Å². The molecule has 0 nitrogen and oxygen atoms in total. The van der Waals surface area contributed by atoms with Crippen LogP contribution in [0.2, 0.25) is 0 Å². The first-order chi connectivity index (χ1) is 5.13. The summed E-state index contributed by atoms with van der Waals surface area (Å²) in [5, 5.41) is 0. The van der Waals surface area contributed by atoms with Crippen molar-refractivity contribution in [1.29, 1.82) is 0 Å². The van der Waals surface area contributed by atoms with Crippen LogP contribution in [0.25, 0.3) is 0 Å². The van der Waals surface area contributed by atoms with Crippen LogP contribution in [-0.2, 0) is 20.0 Å². The predicted octanol–water partition coefficient (Wildman–Crippen LogP) is -3.39. The summed E-state index contributed by atoms with van der Waals surface area (Å²) in [6.07, 6.45) is 0. The second-order valence-electron chi connectivity index (χ2n) is 2.76. The van der Waals surface area contributed by atoms with E-state index < -0.39 is 0 Å². The minimum absolute atomic E-state index is 0. The molecule has 0 atom stereocenters. The number of halogens is 2. The summed E-state index contributed by atoms with van der Waals surface area (Å²) in [6, 6.07) is 2.24. The summed E-state index contributed by atoms with van der Waals surface area (Å²) < 4.78 is 0. The van der Waals surface area contributed by atoms with Gasteiger partial charge in [0.2, 0.25) is 0 Å². The fourth-order valence-corrected chi connectivity index (χ4v) is 1.13. The maximum Gasteiger partial charge on any atom is -1.00 e. The molecule has 0 bridgehead atoms. The normalized spacial score (nSPS) is 7.54. The van der Waals surface area contributed by atoms with E-state index in [-0.39, 0.29) is 24.8 Å². The van der Waals surface area contributed by atoms with E-state index in [9.17, 15) is 0 Å². The molecule has 0 radical (unpaired) electrons. The monoisotopic (exact) mass is 253 g/mol. The van der Waals surface area contributed by atoms with E-state index in [1.165, 1.54) is 22.3 Å². The Hall–Kier alpha value is 0.514. The molecule has 0 amide bonds. The van der Waals surface area contributed by atoms with Gasteiger partial charge in [0.25, 0.3) is 0 Å². The largest absolute Gasteiger partial charge is 1.00 e. The summed E-state index contributed by atoms with van der Waals surface area (Å²) in [6.45, 7) is 8.68. The molecule has 0 aliphatic rings. The molecule has 0 N–H and O–H groups in total. The quantitative estimate of drug-likeness (QED) is 0.334. The Kier molecular flexibility index (Phi) is 13.4. The molecular weight excluding hydrogens is 239 g/mol. The number of hydrogen-bond acceptors (Lipinski definition) is 0. The van der Waals surface area contributed by atoms with Crippen molar-refractivity contribution >= 4 is 4.82 Å². The fraction of sp³-hybridized carbons (Fsp3) is 0.400. The standard InChI is InChI=1S/C9H13.CH2.2ClH.Ti/c1-6-5-7(2)9(4)8(6)3;;;;/h5H,1-4H3;1H2;2*1H;/q-1;;;;+2/p-2. The van der Waals surface area contributed by atoms with Crippen LogP contribution < -0.4 is 24.8 Å². The zero-order valence-electron chi connectivity index (χ0n) is 8.54. The van der Waals surface area contributed by atoms with E-state index >= 15 is 0 Å². The summed E-state index contributed by atoms with van der Waals surface area (Å²) in [5.41, 5.74) is 5.75. The smallest absolute Gasteiger partial charge is 1.00 e. The van der Waals surface area contributed by atoms with E-state index in [0.717, 1.165) is 0 Å². The van der Waals surface area contributed by atoms with Crippen LogP contribution in [0.5, 0.6) is 0 Å². The molecule has 0 spiro atoms. The van der Waals surface area contributed by atoms with Crippen molar-refractivity contribution in [3.05, 3.63) is 28.3 Å². The van der Waals surface area contributed by atoms with Gasteiger partial charge in [0, 0.05) is 0 Å². The van der Waals surface area contributed by atoms with Crippen LogP contribution in [-0.4, -0.2) is 4.82 Å². The molecule has 0 aromatic heterocycles. The third kappa shape index (κ3) is 5.07. The van der Waals surface area contributed by atoms with Gasteiger partial charge >= 0.3 is 24.8 Å². The number of hydrogen-bond donors (Lipinski definition) is 0. The fourth-order valence-electron chi connectivity index (χ4n) is 1.13. The topological polar surface area (TPSA) is 0 Å². The SMILES string of the molecule is Cc1c[c-](C)c(C)c1C.[CH2]=[Ti+2].[Cl-].[Cl-]. The summed E-state index contributed by atoms with van der Waals surface area (Å²) in [5.74, 6) is 0. The minimum atomic E-state index is 0. The Balaban J connectivity index is -0.000000234. The van der Waals surface area contributed by atoms with Crippen molar-refractivity contribution in [2.75, 3.05) is 0 Å². The molecule has 13 heavy (non-hydrogen) atoms. The average Bonchev–Trinajstić information content (AvgIpc) is 2.22. The Morgan fingerprint density at radius 3 is 1.62 bits per heavy atom. The molecule has 0 unspecified atom stereocenters. The molecular formula is C10H15Cl2Ti-. The first-order valence-corrected chi connectivity index (χ1v) is 4.79. The van der Waals surface area contributed by atoms with E-state index in [2.05, 4.69) is 38.6 Å². The van der Waals surface area contributed by atoms with Crippen LogP contribution in [0, 0.1) is 27.7 Å². The van der Waals surface area contributed by atoms with Gasteiger partial charge in [-0.2, -0.15) is 28.3 Å². The zero-order chi connectivity index (χ0) is 9.02. The van der Waals surface area contributed by atoms with E-state index in [1.807, 2.05) is 0 Å². The van der Waals surface area contributed by atoms with Crippen LogP contribution in [0.1, 0.15) is 22.3 Å². The summed E-state index contributed by atoms with van der Waals surface area (Å²) in [4.78, 5) is 3.25. The molecule has 0 aliphatic heterocycles. The number of aryl methyl sites for hydroxylation is 2. The van der Waals surface area contributed by atoms with Crippen molar-refractivity contribution in [2.45, 2.75) is 27.7 Å². The van der Waals surface area contributed by atoms with E-state index in [1.54, 1.807) is 20.0 Å². The van der Waals surface area contributed by atoms with Crippen molar-refractivity contribution in [3.8, 4) is 0 Å². The molecule has 3 heteroatoms. The maximum absolute atomic E-state index is 3.25. The van der Waals surface area contributed by atoms with Gasteiger partial charge in [-0.1, -0.05) is 27.7 Å². The van der Waals surface area contributed by atoms with Crippen LogP contribution >= 0.6 is 0 Å². The van der Waals surface area contributed by atoms with Crippen molar-refractivity contribution in [3.63, 3.8) is 0 Å². The van der Waals surface area contributed by atoms with Gasteiger partial charge in [0.1, 0.15) is 0 Å². The maximum atomic E-state index is 3.25. The Bertz CT molecular complexity index is 219. The molecule has 1 aromatic rings. The van der Waals surface area contributed by atoms with Gasteiger partial charge in [0.05, 0.1) is 0 Å². The molecule has 0 aliphatic carbocycles. The second kappa shape index (κ2) is 9.08. The molecule has 0 saturated heterocycles. The Labute approximate surface area is 105 Å². The molecule has 0 saturated carbocycles. The average molecular weight is 254 g/mol. The molecule has 1 rings (SSSR count). The summed E-state index contributed by atoms with van der Waals surface area (Å²) in [7, 11) is 0. The van der Waals surface area contributed by atoms with Crippen LogP contribution in [0.3, 0.4) is 0 Å². The van der Waals surface area contributed by atoms with Crippen LogP contribution in [0.4, 0.5) is 0 Å². The first kappa shape index (κ1) is 19.1. The molecule has 0 heterocycles. The molecule has 0 fully saturated rings. The first-order valence-electron chi connectivity index (χ1n) is 3.68. The summed E-state index contributed by atoms with van der Waals surface area (Å²) >= 11 is 1.75. The van der Waals surface area contributed by atoms with Gasteiger partial charge in [0.15, 0.2) is 0 Å². The van der Waals surface area contributed by atoms with Gasteiger partial charge in [-0.15, -0.1) is 0 Å². The Morgan fingerprint density at radius 1 is 1.15 bits per heavy atom. The van der Waals surface area contributed by atoms with Crippen LogP contribution in [0.15, 0.2) is 6.07 Å². The number of rotatable bonds is 0. The second-order valence-corrected chi connectivity index (χ2v) is 2.76. The van der Waals surface area contributed by atoms with Gasteiger partial charge in [-0.05, 0) is 0 Å². The zero-order valence-corrected chi connectivity index (χ0v) is 11.6. The van der Waals surface area contributed by atoms with Crippen molar-refractivity contribution in [1.82, 2.24) is 0 Å². The van der Waals surface area contributed by atoms with Crippen molar-refractivity contribution in [2.24, 2.45) is 0 Å². The third-order valence-electron chi connectivity index (χ3n) is 2.18. The van der Waals surface area contributed by atoms with E-state index in [4.69, 9.17) is 0 Å². The van der Waals surface area contributed by atoms with Gasteiger partial charge in [-0.25, -0.2) is 0 Å². The molecule has 1 aromatic carbocycles. The molecule has 74 valence electrons. The predicted molar refractivity (Wildman–Crippen MR) is 48.1 cm³/mol.